The first kappa shape index (κ1) is 12.2. The highest BCUT2D eigenvalue weighted by molar-refractivity contribution is 5.91. The van der Waals surface area contributed by atoms with Crippen LogP contribution in [0, 0.1) is 0 Å². The molecule has 2 N–H and O–H groups in total. The largest absolute Gasteiger partial charge is 0.366 e. The standard InChI is InChI=1S/C10H20N2O/c1-6-9(12(3,4)5)7-8(2)10(11)13/h7,9H,6H2,1-5H3,(H-,11,13)/p+1. The molecule has 0 saturated carbocycles. The molecule has 0 rings (SSSR count). The molecule has 0 saturated heterocycles. The summed E-state index contributed by atoms with van der Waals surface area (Å²) in [5.74, 6) is -0.327. The highest BCUT2D eigenvalue weighted by atomic mass is 16.1. The number of carbonyl (C=O) groups excluding carboxylic acids is 1. The van der Waals surface area contributed by atoms with Gasteiger partial charge >= 0.3 is 0 Å². The average molecular weight is 185 g/mol. The van der Waals surface area contributed by atoms with E-state index < -0.39 is 0 Å². The Hall–Kier alpha value is -0.830. The maximum Gasteiger partial charge on any atom is 0.244 e. The van der Waals surface area contributed by atoms with Crippen molar-refractivity contribution in [2.75, 3.05) is 21.1 Å². The van der Waals surface area contributed by atoms with Crippen molar-refractivity contribution < 1.29 is 9.28 Å². The van der Waals surface area contributed by atoms with E-state index in [9.17, 15) is 4.79 Å². The molecule has 0 aliphatic heterocycles. The van der Waals surface area contributed by atoms with E-state index in [1.165, 1.54) is 0 Å². The molecule has 0 aromatic heterocycles. The first-order valence-corrected chi connectivity index (χ1v) is 4.58. The monoisotopic (exact) mass is 185 g/mol. The van der Waals surface area contributed by atoms with Gasteiger partial charge in [0.1, 0.15) is 6.04 Å². The molecular weight excluding hydrogens is 164 g/mol. The molecule has 0 aliphatic carbocycles. The summed E-state index contributed by atoms with van der Waals surface area (Å²) in [6.45, 7) is 3.87. The minimum Gasteiger partial charge on any atom is -0.366 e. The Morgan fingerprint density at radius 2 is 1.92 bits per heavy atom. The Balaban J connectivity index is 4.64. The average Bonchev–Trinajstić information content (AvgIpc) is 1.96. The van der Waals surface area contributed by atoms with E-state index in [1.807, 2.05) is 6.08 Å². The first-order valence-electron chi connectivity index (χ1n) is 4.58. The zero-order valence-corrected chi connectivity index (χ0v) is 9.29. The van der Waals surface area contributed by atoms with Crippen LogP contribution < -0.4 is 5.73 Å². The molecule has 0 aromatic rings. The summed E-state index contributed by atoms with van der Waals surface area (Å²) >= 11 is 0. The van der Waals surface area contributed by atoms with Gasteiger partial charge in [-0.2, -0.15) is 0 Å². The quantitative estimate of drug-likeness (QED) is 0.513. The molecule has 0 heterocycles. The number of quaternary nitrogens is 1. The Bertz CT molecular complexity index is 213. The molecule has 3 heteroatoms. The molecule has 0 bridgehead atoms. The molecule has 0 spiro atoms. The highest BCUT2D eigenvalue weighted by Gasteiger charge is 2.19. The summed E-state index contributed by atoms with van der Waals surface area (Å²) in [5, 5.41) is 0. The molecule has 0 radical (unpaired) electrons. The van der Waals surface area contributed by atoms with Gasteiger partial charge < -0.3 is 10.2 Å². The third-order valence-electron chi connectivity index (χ3n) is 2.24. The van der Waals surface area contributed by atoms with Crippen molar-refractivity contribution in [3.63, 3.8) is 0 Å². The molecular formula is C10H21N2O+. The van der Waals surface area contributed by atoms with Crippen molar-refractivity contribution >= 4 is 5.91 Å². The van der Waals surface area contributed by atoms with Crippen molar-refractivity contribution in [2.45, 2.75) is 26.3 Å². The van der Waals surface area contributed by atoms with Crippen LogP contribution in [0.2, 0.25) is 0 Å². The fourth-order valence-electron chi connectivity index (χ4n) is 1.26. The molecule has 1 amide bonds. The van der Waals surface area contributed by atoms with Gasteiger partial charge in [0.25, 0.3) is 0 Å². The predicted octanol–water partition coefficient (Wildman–Crippen LogP) is 0.903. The summed E-state index contributed by atoms with van der Waals surface area (Å²) < 4.78 is 0.821. The second-order valence-electron chi connectivity index (χ2n) is 4.31. The molecule has 1 atom stereocenters. The Labute approximate surface area is 80.8 Å². The molecule has 1 unspecified atom stereocenters. The maximum absolute atomic E-state index is 10.8. The second-order valence-corrected chi connectivity index (χ2v) is 4.31. The van der Waals surface area contributed by atoms with Crippen LogP contribution >= 0.6 is 0 Å². The highest BCUT2D eigenvalue weighted by Crippen LogP contribution is 2.10. The Kier molecular flexibility index (Phi) is 4.14. The number of amides is 1. The predicted molar refractivity (Wildman–Crippen MR) is 55.1 cm³/mol. The number of primary amides is 1. The lowest BCUT2D eigenvalue weighted by molar-refractivity contribution is -0.889. The lowest BCUT2D eigenvalue weighted by Gasteiger charge is -2.31. The van der Waals surface area contributed by atoms with Crippen LogP contribution in [0.1, 0.15) is 20.3 Å². The van der Waals surface area contributed by atoms with Crippen LogP contribution in [0.25, 0.3) is 0 Å². The van der Waals surface area contributed by atoms with E-state index in [0.717, 1.165) is 10.9 Å². The van der Waals surface area contributed by atoms with Crippen LogP contribution in [-0.2, 0) is 4.79 Å². The van der Waals surface area contributed by atoms with Crippen LogP contribution in [0.15, 0.2) is 11.6 Å². The minimum atomic E-state index is -0.327. The lowest BCUT2D eigenvalue weighted by Crippen LogP contribution is -2.44. The van der Waals surface area contributed by atoms with Crippen molar-refractivity contribution in [1.29, 1.82) is 0 Å². The molecule has 3 nitrogen and oxygen atoms in total. The number of nitrogens with two attached hydrogens (primary N) is 1. The summed E-state index contributed by atoms with van der Waals surface area (Å²) in [6, 6.07) is 0.354. The van der Waals surface area contributed by atoms with Crippen molar-refractivity contribution in [1.82, 2.24) is 0 Å². The van der Waals surface area contributed by atoms with Gasteiger partial charge in [-0.1, -0.05) is 6.92 Å². The number of carbonyl (C=O) groups is 1. The zero-order chi connectivity index (χ0) is 10.6. The van der Waals surface area contributed by atoms with Gasteiger partial charge in [-0.25, -0.2) is 0 Å². The van der Waals surface area contributed by atoms with Crippen LogP contribution in [0.3, 0.4) is 0 Å². The SMILES string of the molecule is CCC(C=C(C)C(N)=O)[N+](C)(C)C. The van der Waals surface area contributed by atoms with Gasteiger partial charge in [0, 0.05) is 12.0 Å². The van der Waals surface area contributed by atoms with Gasteiger partial charge in [0.2, 0.25) is 5.91 Å². The number of nitrogens with zero attached hydrogens (tertiary/aromatic N) is 1. The van der Waals surface area contributed by atoms with Crippen molar-refractivity contribution in [3.8, 4) is 0 Å². The number of hydrogen-bond acceptors (Lipinski definition) is 1. The smallest absolute Gasteiger partial charge is 0.244 e. The first-order chi connectivity index (χ1) is 5.79. The van der Waals surface area contributed by atoms with Crippen LogP contribution in [0.5, 0.6) is 0 Å². The van der Waals surface area contributed by atoms with Crippen molar-refractivity contribution in [3.05, 3.63) is 11.6 Å². The normalized spacial score (nSPS) is 15.6. The molecule has 13 heavy (non-hydrogen) atoms. The van der Waals surface area contributed by atoms with Crippen molar-refractivity contribution in [2.24, 2.45) is 5.73 Å². The summed E-state index contributed by atoms with van der Waals surface area (Å²) in [4.78, 5) is 10.8. The maximum atomic E-state index is 10.8. The second kappa shape index (κ2) is 4.42. The van der Waals surface area contributed by atoms with E-state index in [1.54, 1.807) is 6.92 Å². The zero-order valence-electron chi connectivity index (χ0n) is 9.29. The van der Waals surface area contributed by atoms with Gasteiger partial charge in [-0.05, 0) is 13.0 Å². The summed E-state index contributed by atoms with van der Waals surface area (Å²) in [5.41, 5.74) is 5.82. The number of likely N-dealkylation sites (N-methyl/N-ethyl adjacent to an activating group) is 1. The molecule has 0 aromatic carbocycles. The Morgan fingerprint density at radius 1 is 1.46 bits per heavy atom. The topological polar surface area (TPSA) is 43.1 Å². The van der Waals surface area contributed by atoms with Crippen LogP contribution in [-0.4, -0.2) is 37.6 Å². The molecule has 0 fully saturated rings. The fourth-order valence-corrected chi connectivity index (χ4v) is 1.26. The minimum absolute atomic E-state index is 0.327. The van der Waals surface area contributed by atoms with Gasteiger partial charge in [-0.3, -0.25) is 4.79 Å². The lowest BCUT2D eigenvalue weighted by atomic mass is 10.1. The number of rotatable bonds is 4. The molecule has 0 aliphatic rings. The molecule has 76 valence electrons. The third-order valence-corrected chi connectivity index (χ3v) is 2.24. The van der Waals surface area contributed by atoms with Gasteiger partial charge in [0.05, 0.1) is 21.1 Å². The number of hydrogen-bond donors (Lipinski definition) is 1. The summed E-state index contributed by atoms with van der Waals surface area (Å²) in [7, 11) is 6.33. The van der Waals surface area contributed by atoms with E-state index in [-0.39, 0.29) is 5.91 Å². The van der Waals surface area contributed by atoms with E-state index in [0.29, 0.717) is 11.6 Å². The Morgan fingerprint density at radius 3 is 2.15 bits per heavy atom. The van der Waals surface area contributed by atoms with Gasteiger partial charge in [-0.15, -0.1) is 0 Å². The van der Waals surface area contributed by atoms with E-state index >= 15 is 0 Å². The third kappa shape index (κ3) is 4.08. The fraction of sp³-hybridized carbons (Fsp3) is 0.700. The van der Waals surface area contributed by atoms with Gasteiger partial charge in [0.15, 0.2) is 0 Å². The van der Waals surface area contributed by atoms with E-state index in [4.69, 9.17) is 5.73 Å². The van der Waals surface area contributed by atoms with Crippen LogP contribution in [0.4, 0.5) is 0 Å². The summed E-state index contributed by atoms with van der Waals surface area (Å²) in [6.07, 6.45) is 2.97. The van der Waals surface area contributed by atoms with E-state index in [2.05, 4.69) is 28.1 Å².